The van der Waals surface area contributed by atoms with E-state index in [2.05, 4.69) is 37.3 Å². The third-order valence-corrected chi connectivity index (χ3v) is 4.27. The van der Waals surface area contributed by atoms with Gasteiger partial charge in [0.25, 0.3) is 5.91 Å². The molecule has 1 aliphatic rings. The van der Waals surface area contributed by atoms with Gasteiger partial charge in [-0.3, -0.25) is 14.4 Å². The fraction of sp³-hybridized carbons (Fsp3) is 0.375. The van der Waals surface area contributed by atoms with E-state index in [-0.39, 0.29) is 5.91 Å². The summed E-state index contributed by atoms with van der Waals surface area (Å²) in [5.41, 5.74) is 2.33. The summed E-state index contributed by atoms with van der Waals surface area (Å²) in [6.07, 6.45) is 1.75. The van der Waals surface area contributed by atoms with Gasteiger partial charge in [-0.1, -0.05) is 12.1 Å². The molecule has 0 spiro atoms. The number of hydrogen-bond donors (Lipinski definition) is 1. The quantitative estimate of drug-likeness (QED) is 0.886. The average Bonchev–Trinajstić information content (AvgIpc) is 2.87. The van der Waals surface area contributed by atoms with Crippen LogP contribution in [0.15, 0.2) is 34.9 Å². The van der Waals surface area contributed by atoms with Gasteiger partial charge in [0.1, 0.15) is 0 Å². The van der Waals surface area contributed by atoms with Gasteiger partial charge < -0.3 is 10.1 Å². The number of hydrogen-bond acceptors (Lipinski definition) is 4. The molecule has 1 aromatic carbocycles. The van der Waals surface area contributed by atoms with Crippen molar-refractivity contribution in [2.75, 3.05) is 31.6 Å². The summed E-state index contributed by atoms with van der Waals surface area (Å²) < 4.78 is 7.65. The van der Waals surface area contributed by atoms with Crippen LogP contribution >= 0.6 is 15.9 Å². The SMILES string of the molecule is Cn1cc(Br)c(C(=O)Nc2cccc(CN3CCOCC3)c2)n1. The summed E-state index contributed by atoms with van der Waals surface area (Å²) in [5.74, 6) is -0.221. The lowest BCUT2D eigenvalue weighted by Gasteiger charge is -2.26. The number of anilines is 1. The van der Waals surface area contributed by atoms with Gasteiger partial charge in [0.15, 0.2) is 5.69 Å². The Kier molecular flexibility index (Phi) is 5.09. The van der Waals surface area contributed by atoms with Crippen LogP contribution < -0.4 is 5.32 Å². The molecule has 2 aromatic rings. The first-order valence-electron chi connectivity index (χ1n) is 7.51. The van der Waals surface area contributed by atoms with E-state index in [0.29, 0.717) is 10.2 Å². The number of rotatable bonds is 4. The molecule has 1 aliphatic heterocycles. The van der Waals surface area contributed by atoms with Crippen LogP contribution in [0.2, 0.25) is 0 Å². The summed E-state index contributed by atoms with van der Waals surface area (Å²) in [6, 6.07) is 7.92. The maximum atomic E-state index is 12.3. The lowest BCUT2D eigenvalue weighted by Crippen LogP contribution is -2.35. The molecule has 1 N–H and O–H groups in total. The third kappa shape index (κ3) is 4.19. The van der Waals surface area contributed by atoms with Crippen LogP contribution in [0.4, 0.5) is 5.69 Å². The Labute approximate surface area is 143 Å². The maximum absolute atomic E-state index is 12.3. The fourth-order valence-electron chi connectivity index (χ4n) is 2.57. The van der Waals surface area contributed by atoms with Crippen molar-refractivity contribution in [2.24, 2.45) is 7.05 Å². The van der Waals surface area contributed by atoms with Crippen LogP contribution in [0.25, 0.3) is 0 Å². The Hall–Kier alpha value is -1.70. The second-order valence-corrected chi connectivity index (χ2v) is 6.40. The molecule has 0 unspecified atom stereocenters. The number of nitrogens with zero attached hydrogens (tertiary/aromatic N) is 3. The van der Waals surface area contributed by atoms with Crippen molar-refractivity contribution in [1.29, 1.82) is 0 Å². The summed E-state index contributed by atoms with van der Waals surface area (Å²) in [7, 11) is 1.78. The van der Waals surface area contributed by atoms with E-state index in [1.165, 1.54) is 5.56 Å². The number of ether oxygens (including phenoxy) is 1. The van der Waals surface area contributed by atoms with Gasteiger partial charge in [-0.15, -0.1) is 0 Å². The molecule has 1 aromatic heterocycles. The summed E-state index contributed by atoms with van der Waals surface area (Å²) in [4.78, 5) is 14.7. The zero-order chi connectivity index (χ0) is 16.2. The van der Waals surface area contributed by atoms with Crippen LogP contribution in [-0.4, -0.2) is 46.9 Å². The Morgan fingerprint density at radius 1 is 1.39 bits per heavy atom. The fourth-order valence-corrected chi connectivity index (χ4v) is 3.12. The molecule has 2 heterocycles. The minimum absolute atomic E-state index is 0.221. The molecule has 23 heavy (non-hydrogen) atoms. The zero-order valence-corrected chi connectivity index (χ0v) is 14.5. The number of benzene rings is 1. The molecule has 0 aliphatic carbocycles. The van der Waals surface area contributed by atoms with Crippen LogP contribution in [0.1, 0.15) is 16.1 Å². The van der Waals surface area contributed by atoms with Crippen LogP contribution in [0.5, 0.6) is 0 Å². The number of nitrogens with one attached hydrogen (secondary N) is 1. The Morgan fingerprint density at radius 3 is 2.87 bits per heavy atom. The Balaban J connectivity index is 1.67. The maximum Gasteiger partial charge on any atom is 0.277 e. The van der Waals surface area contributed by atoms with E-state index >= 15 is 0 Å². The average molecular weight is 379 g/mol. The Bertz CT molecular complexity index is 695. The van der Waals surface area contributed by atoms with Crippen molar-refractivity contribution in [3.8, 4) is 0 Å². The van der Waals surface area contributed by atoms with Gasteiger partial charge in [0.05, 0.1) is 17.7 Å². The smallest absolute Gasteiger partial charge is 0.277 e. The first-order valence-corrected chi connectivity index (χ1v) is 8.30. The molecule has 1 amide bonds. The number of aryl methyl sites for hydroxylation is 1. The highest BCUT2D eigenvalue weighted by atomic mass is 79.9. The first kappa shape index (κ1) is 16.2. The second-order valence-electron chi connectivity index (χ2n) is 5.54. The summed E-state index contributed by atoms with van der Waals surface area (Å²) in [6.45, 7) is 4.31. The monoisotopic (exact) mass is 378 g/mol. The van der Waals surface area contributed by atoms with Gasteiger partial charge in [-0.25, -0.2) is 0 Å². The van der Waals surface area contributed by atoms with Crippen molar-refractivity contribution in [2.45, 2.75) is 6.54 Å². The van der Waals surface area contributed by atoms with E-state index in [0.717, 1.165) is 38.5 Å². The van der Waals surface area contributed by atoms with E-state index in [4.69, 9.17) is 4.74 Å². The van der Waals surface area contributed by atoms with E-state index in [9.17, 15) is 4.79 Å². The minimum atomic E-state index is -0.221. The highest BCUT2D eigenvalue weighted by molar-refractivity contribution is 9.10. The van der Waals surface area contributed by atoms with Gasteiger partial charge >= 0.3 is 0 Å². The largest absolute Gasteiger partial charge is 0.379 e. The first-order chi connectivity index (χ1) is 11.1. The van der Waals surface area contributed by atoms with Gasteiger partial charge in [0, 0.05) is 38.6 Å². The third-order valence-electron chi connectivity index (χ3n) is 3.69. The van der Waals surface area contributed by atoms with Crippen molar-refractivity contribution >= 4 is 27.5 Å². The van der Waals surface area contributed by atoms with Crippen molar-refractivity contribution in [3.05, 3.63) is 46.2 Å². The molecule has 6 nitrogen and oxygen atoms in total. The van der Waals surface area contributed by atoms with Gasteiger partial charge in [0.2, 0.25) is 0 Å². The Morgan fingerprint density at radius 2 is 2.17 bits per heavy atom. The normalized spacial score (nSPS) is 15.6. The van der Waals surface area contributed by atoms with Crippen LogP contribution in [0, 0.1) is 0 Å². The standard InChI is InChI=1S/C16H19BrN4O2/c1-20-11-14(17)15(19-20)16(22)18-13-4-2-3-12(9-13)10-21-5-7-23-8-6-21/h2-4,9,11H,5-8,10H2,1H3,(H,18,22). The molecule has 1 fully saturated rings. The summed E-state index contributed by atoms with van der Waals surface area (Å²) >= 11 is 3.35. The van der Waals surface area contributed by atoms with E-state index in [1.807, 2.05) is 18.2 Å². The molecule has 3 rings (SSSR count). The minimum Gasteiger partial charge on any atom is -0.379 e. The predicted molar refractivity (Wildman–Crippen MR) is 91.4 cm³/mol. The lowest BCUT2D eigenvalue weighted by molar-refractivity contribution is 0.0342. The van der Waals surface area contributed by atoms with Crippen molar-refractivity contribution in [3.63, 3.8) is 0 Å². The molecule has 0 bridgehead atoms. The number of halogens is 1. The van der Waals surface area contributed by atoms with Crippen LogP contribution in [-0.2, 0) is 18.3 Å². The summed E-state index contributed by atoms with van der Waals surface area (Å²) in [5, 5.41) is 7.06. The van der Waals surface area contributed by atoms with Crippen LogP contribution in [0.3, 0.4) is 0 Å². The number of aromatic nitrogens is 2. The topological polar surface area (TPSA) is 59.4 Å². The molecule has 0 saturated carbocycles. The lowest BCUT2D eigenvalue weighted by atomic mass is 10.1. The van der Waals surface area contributed by atoms with Gasteiger partial charge in [-0.2, -0.15) is 5.10 Å². The predicted octanol–water partition coefficient (Wildman–Crippen LogP) is 2.27. The highest BCUT2D eigenvalue weighted by Crippen LogP contribution is 2.18. The molecule has 0 radical (unpaired) electrons. The molecule has 7 heteroatoms. The molecular formula is C16H19BrN4O2. The number of carbonyl (C=O) groups excluding carboxylic acids is 1. The highest BCUT2D eigenvalue weighted by Gasteiger charge is 2.15. The molecule has 0 atom stereocenters. The number of carbonyl (C=O) groups is 1. The molecular weight excluding hydrogens is 360 g/mol. The van der Waals surface area contributed by atoms with E-state index in [1.54, 1.807) is 17.9 Å². The number of amides is 1. The molecule has 1 saturated heterocycles. The second kappa shape index (κ2) is 7.25. The van der Waals surface area contributed by atoms with Crippen molar-refractivity contribution < 1.29 is 9.53 Å². The van der Waals surface area contributed by atoms with E-state index < -0.39 is 0 Å². The molecule has 122 valence electrons. The van der Waals surface area contributed by atoms with Gasteiger partial charge in [-0.05, 0) is 33.6 Å². The van der Waals surface area contributed by atoms with Crippen molar-refractivity contribution in [1.82, 2.24) is 14.7 Å². The number of morpholine rings is 1. The zero-order valence-electron chi connectivity index (χ0n) is 13.0.